The highest BCUT2D eigenvalue weighted by Gasteiger charge is 2.11. The first-order valence-corrected chi connectivity index (χ1v) is 8.54. The van der Waals surface area contributed by atoms with Crippen LogP contribution < -0.4 is 10.0 Å². The summed E-state index contributed by atoms with van der Waals surface area (Å²) in [6.45, 7) is 0.648. The van der Waals surface area contributed by atoms with Crippen LogP contribution in [0.4, 0.5) is 0 Å². The first kappa shape index (κ1) is 16.4. The van der Waals surface area contributed by atoms with Crippen LogP contribution in [0.15, 0.2) is 22.7 Å². The van der Waals surface area contributed by atoms with Crippen LogP contribution in [0.1, 0.15) is 16.8 Å². The fourth-order valence-electron chi connectivity index (χ4n) is 1.32. The van der Waals surface area contributed by atoms with Crippen molar-refractivity contribution in [2.75, 3.05) is 19.3 Å². The summed E-state index contributed by atoms with van der Waals surface area (Å²) in [6, 6.07) is 5.09. The lowest BCUT2D eigenvalue weighted by Gasteiger charge is -2.07. The zero-order valence-corrected chi connectivity index (χ0v) is 13.4. The van der Waals surface area contributed by atoms with E-state index >= 15 is 0 Å². The van der Waals surface area contributed by atoms with Crippen molar-refractivity contribution in [2.24, 2.45) is 0 Å². The molecule has 106 valence electrons. The Bertz CT molecular complexity index is 563. The summed E-state index contributed by atoms with van der Waals surface area (Å²) in [4.78, 5) is 11.8. The average Bonchev–Trinajstić information content (AvgIpc) is 2.30. The third kappa shape index (κ3) is 5.90. The minimum absolute atomic E-state index is 0.283. The standard InChI is InChI=1S/C11H14BrClN2O3S/c1-19(17,18)15-7-3-6-14-11(16)8-4-2-5-9(12)10(8)13/h2,4-5,15H,3,6-7H2,1H3,(H,14,16). The van der Waals surface area contributed by atoms with Gasteiger partial charge in [0.25, 0.3) is 5.91 Å². The van der Waals surface area contributed by atoms with E-state index < -0.39 is 10.0 Å². The molecule has 0 heterocycles. The second kappa shape index (κ2) is 7.23. The third-order valence-corrected chi connectivity index (χ3v) is 4.22. The molecule has 0 atom stereocenters. The van der Waals surface area contributed by atoms with Crippen molar-refractivity contribution in [3.63, 3.8) is 0 Å². The van der Waals surface area contributed by atoms with E-state index in [0.29, 0.717) is 28.0 Å². The van der Waals surface area contributed by atoms with Crippen LogP contribution in [0.2, 0.25) is 5.02 Å². The van der Waals surface area contributed by atoms with Gasteiger partial charge in [-0.05, 0) is 34.5 Å². The molecule has 0 fully saturated rings. The molecule has 2 N–H and O–H groups in total. The molecule has 1 rings (SSSR count). The average molecular weight is 370 g/mol. The summed E-state index contributed by atoms with van der Waals surface area (Å²) in [5.74, 6) is -0.286. The smallest absolute Gasteiger partial charge is 0.252 e. The molecule has 0 radical (unpaired) electrons. The lowest BCUT2D eigenvalue weighted by Crippen LogP contribution is -2.29. The topological polar surface area (TPSA) is 75.3 Å². The number of hydrogen-bond donors (Lipinski definition) is 2. The van der Waals surface area contributed by atoms with Gasteiger partial charge in [0.1, 0.15) is 0 Å². The molecular formula is C11H14BrClN2O3S. The Balaban J connectivity index is 2.42. The van der Waals surface area contributed by atoms with Gasteiger partial charge in [0.15, 0.2) is 0 Å². The molecule has 0 aliphatic carbocycles. The second-order valence-corrected chi connectivity index (χ2v) is 6.94. The predicted molar refractivity (Wildman–Crippen MR) is 78.9 cm³/mol. The summed E-state index contributed by atoms with van der Waals surface area (Å²) >= 11 is 9.23. The van der Waals surface area contributed by atoms with Crippen LogP contribution in [0.25, 0.3) is 0 Å². The molecule has 0 spiro atoms. The largest absolute Gasteiger partial charge is 0.352 e. The zero-order valence-electron chi connectivity index (χ0n) is 10.2. The van der Waals surface area contributed by atoms with Gasteiger partial charge >= 0.3 is 0 Å². The minimum atomic E-state index is -3.18. The van der Waals surface area contributed by atoms with E-state index in [-0.39, 0.29) is 12.5 Å². The molecule has 0 aromatic heterocycles. The van der Waals surface area contributed by atoms with Crippen molar-refractivity contribution in [3.8, 4) is 0 Å². The number of nitrogens with one attached hydrogen (secondary N) is 2. The molecule has 8 heteroatoms. The van der Waals surface area contributed by atoms with Crippen LogP contribution in [0, 0.1) is 0 Å². The molecule has 1 aromatic rings. The van der Waals surface area contributed by atoms with Crippen molar-refractivity contribution in [1.29, 1.82) is 0 Å². The molecule has 0 aliphatic heterocycles. The molecule has 0 bridgehead atoms. The number of carbonyl (C=O) groups is 1. The minimum Gasteiger partial charge on any atom is -0.352 e. The molecule has 0 saturated carbocycles. The van der Waals surface area contributed by atoms with Crippen LogP contribution in [-0.2, 0) is 10.0 Å². The van der Waals surface area contributed by atoms with Gasteiger partial charge in [-0.25, -0.2) is 13.1 Å². The van der Waals surface area contributed by atoms with Gasteiger partial charge in [0.05, 0.1) is 16.8 Å². The SMILES string of the molecule is CS(=O)(=O)NCCCNC(=O)c1cccc(Br)c1Cl. The fraction of sp³-hybridized carbons (Fsp3) is 0.364. The monoisotopic (exact) mass is 368 g/mol. The number of rotatable bonds is 6. The molecule has 0 unspecified atom stereocenters. The highest BCUT2D eigenvalue weighted by atomic mass is 79.9. The molecule has 5 nitrogen and oxygen atoms in total. The highest BCUT2D eigenvalue weighted by molar-refractivity contribution is 9.10. The van der Waals surface area contributed by atoms with Gasteiger partial charge in [-0.3, -0.25) is 4.79 Å². The van der Waals surface area contributed by atoms with Crippen LogP contribution >= 0.6 is 27.5 Å². The van der Waals surface area contributed by atoms with Crippen molar-refractivity contribution in [1.82, 2.24) is 10.0 Å². The summed E-state index contributed by atoms with van der Waals surface area (Å²) < 4.78 is 24.6. The molecule has 1 aromatic carbocycles. The van der Waals surface area contributed by atoms with E-state index in [2.05, 4.69) is 26.0 Å². The quantitative estimate of drug-likeness (QED) is 0.751. The lowest BCUT2D eigenvalue weighted by molar-refractivity contribution is 0.0953. The Kier molecular flexibility index (Phi) is 6.25. The Hall–Kier alpha value is -0.630. The maximum absolute atomic E-state index is 11.8. The van der Waals surface area contributed by atoms with Crippen molar-refractivity contribution in [3.05, 3.63) is 33.3 Å². The van der Waals surface area contributed by atoms with Gasteiger partial charge in [-0.15, -0.1) is 0 Å². The first-order valence-electron chi connectivity index (χ1n) is 5.48. The predicted octanol–water partition coefficient (Wildman–Crippen LogP) is 1.77. The Morgan fingerprint density at radius 3 is 2.68 bits per heavy atom. The van der Waals surface area contributed by atoms with Crippen LogP contribution in [-0.4, -0.2) is 33.7 Å². The van der Waals surface area contributed by atoms with Crippen molar-refractivity contribution < 1.29 is 13.2 Å². The van der Waals surface area contributed by atoms with E-state index in [0.717, 1.165) is 6.26 Å². The number of amides is 1. The number of benzene rings is 1. The van der Waals surface area contributed by atoms with Gasteiger partial charge < -0.3 is 5.32 Å². The van der Waals surface area contributed by atoms with E-state index in [1.165, 1.54) is 0 Å². The van der Waals surface area contributed by atoms with E-state index in [1.807, 2.05) is 0 Å². The third-order valence-electron chi connectivity index (χ3n) is 2.20. The second-order valence-electron chi connectivity index (χ2n) is 3.88. The Morgan fingerprint density at radius 2 is 2.05 bits per heavy atom. The summed E-state index contributed by atoms with van der Waals surface area (Å²) in [5.41, 5.74) is 0.382. The van der Waals surface area contributed by atoms with Gasteiger partial charge in [0.2, 0.25) is 10.0 Å². The van der Waals surface area contributed by atoms with Crippen molar-refractivity contribution in [2.45, 2.75) is 6.42 Å². The van der Waals surface area contributed by atoms with E-state index in [1.54, 1.807) is 18.2 Å². The van der Waals surface area contributed by atoms with E-state index in [9.17, 15) is 13.2 Å². The molecule has 19 heavy (non-hydrogen) atoms. The van der Waals surface area contributed by atoms with Crippen LogP contribution in [0.5, 0.6) is 0 Å². The Morgan fingerprint density at radius 1 is 1.37 bits per heavy atom. The zero-order chi connectivity index (χ0) is 14.5. The molecule has 0 aliphatic rings. The lowest BCUT2D eigenvalue weighted by atomic mass is 10.2. The molecular weight excluding hydrogens is 356 g/mol. The fourth-order valence-corrected chi connectivity index (χ4v) is 2.42. The van der Waals surface area contributed by atoms with Gasteiger partial charge in [-0.1, -0.05) is 17.7 Å². The molecule has 1 amide bonds. The number of carbonyl (C=O) groups excluding carboxylic acids is 1. The van der Waals surface area contributed by atoms with Gasteiger partial charge in [0, 0.05) is 17.6 Å². The maximum Gasteiger partial charge on any atom is 0.252 e. The van der Waals surface area contributed by atoms with Crippen molar-refractivity contribution >= 4 is 43.5 Å². The maximum atomic E-state index is 11.8. The number of halogens is 2. The van der Waals surface area contributed by atoms with Gasteiger partial charge in [-0.2, -0.15) is 0 Å². The number of hydrogen-bond acceptors (Lipinski definition) is 3. The van der Waals surface area contributed by atoms with E-state index in [4.69, 9.17) is 11.6 Å². The Labute approximate surface area is 125 Å². The first-order chi connectivity index (χ1) is 8.81. The molecule has 0 saturated heterocycles. The summed E-state index contributed by atoms with van der Waals surface area (Å²) in [6.07, 6.45) is 1.59. The highest BCUT2D eigenvalue weighted by Crippen LogP contribution is 2.25. The summed E-state index contributed by atoms with van der Waals surface area (Å²) in [7, 11) is -3.18. The van der Waals surface area contributed by atoms with Crippen LogP contribution in [0.3, 0.4) is 0 Å². The normalized spacial score (nSPS) is 11.3. The summed E-state index contributed by atoms with van der Waals surface area (Å²) in [5, 5.41) is 3.03. The number of sulfonamides is 1.